The Labute approximate surface area is 100 Å². The smallest absolute Gasteiger partial charge is 0.147 e. The number of hydrogen-bond acceptors (Lipinski definition) is 4. The minimum atomic E-state index is 0.747. The Hall–Kier alpha value is -2.10. The molecule has 2 N–H and O–H groups in total. The molecule has 4 nitrogen and oxygen atoms in total. The summed E-state index contributed by atoms with van der Waals surface area (Å²) in [4.78, 5) is 10.8. The van der Waals surface area contributed by atoms with Crippen LogP contribution in [0.1, 0.15) is 11.4 Å². The average Bonchev–Trinajstić information content (AvgIpc) is 2.73. The third kappa shape index (κ3) is 1.93. The topological polar surface area (TPSA) is 55.0 Å². The van der Waals surface area contributed by atoms with E-state index < -0.39 is 0 Å². The summed E-state index contributed by atoms with van der Waals surface area (Å²) >= 11 is 0. The predicted molar refractivity (Wildman–Crippen MR) is 67.6 cm³/mol. The van der Waals surface area contributed by atoms with Crippen LogP contribution in [-0.2, 0) is 13.0 Å². The minimum absolute atomic E-state index is 0.747. The number of nitrogen functional groups attached to an aromatic ring is 1. The molecule has 0 atom stereocenters. The Bertz CT molecular complexity index is 524. The first kappa shape index (κ1) is 10.1. The number of rotatable bonds is 2. The molecule has 2 aromatic rings. The van der Waals surface area contributed by atoms with Crippen LogP contribution in [0.25, 0.3) is 0 Å². The number of nitrogens with two attached hydrogens (primary N) is 1. The van der Waals surface area contributed by atoms with Crippen molar-refractivity contribution in [2.45, 2.75) is 13.0 Å². The Kier molecular flexibility index (Phi) is 2.40. The van der Waals surface area contributed by atoms with Gasteiger partial charge in [-0.25, -0.2) is 9.97 Å². The van der Waals surface area contributed by atoms with E-state index in [1.165, 1.54) is 11.3 Å². The number of benzene rings is 1. The highest BCUT2D eigenvalue weighted by Crippen LogP contribution is 2.30. The van der Waals surface area contributed by atoms with E-state index in [2.05, 4.69) is 20.9 Å². The molecule has 4 heteroatoms. The van der Waals surface area contributed by atoms with Gasteiger partial charge in [0.1, 0.15) is 5.82 Å². The van der Waals surface area contributed by atoms with Gasteiger partial charge in [0.05, 0.1) is 6.54 Å². The number of aromatic nitrogens is 2. The summed E-state index contributed by atoms with van der Waals surface area (Å²) in [6.45, 7) is 1.76. The largest absolute Gasteiger partial charge is 0.399 e. The van der Waals surface area contributed by atoms with Crippen molar-refractivity contribution >= 4 is 11.4 Å². The third-order valence-electron chi connectivity index (χ3n) is 3.05. The molecule has 1 aromatic heterocycles. The fraction of sp³-hybridized carbons (Fsp3) is 0.231. The fourth-order valence-electron chi connectivity index (χ4n) is 2.21. The van der Waals surface area contributed by atoms with Crippen molar-refractivity contribution in [2.24, 2.45) is 0 Å². The van der Waals surface area contributed by atoms with Gasteiger partial charge in [0, 0.05) is 30.3 Å². The molecule has 1 aliphatic heterocycles. The van der Waals surface area contributed by atoms with Crippen LogP contribution in [0.4, 0.5) is 11.4 Å². The monoisotopic (exact) mass is 226 g/mol. The second-order valence-electron chi connectivity index (χ2n) is 4.22. The van der Waals surface area contributed by atoms with Crippen molar-refractivity contribution < 1.29 is 0 Å². The van der Waals surface area contributed by atoms with Crippen LogP contribution in [0, 0.1) is 0 Å². The van der Waals surface area contributed by atoms with Gasteiger partial charge in [-0.05, 0) is 30.2 Å². The SMILES string of the molecule is Nc1ccc2c(c1)N(Cc1ncccn1)CC2. The van der Waals surface area contributed by atoms with Gasteiger partial charge < -0.3 is 10.6 Å². The molecule has 0 aliphatic carbocycles. The lowest BCUT2D eigenvalue weighted by atomic mass is 10.1. The first-order chi connectivity index (χ1) is 8.33. The molecule has 0 spiro atoms. The fourth-order valence-corrected chi connectivity index (χ4v) is 2.21. The van der Waals surface area contributed by atoms with Crippen molar-refractivity contribution in [2.75, 3.05) is 17.2 Å². The molecule has 0 unspecified atom stereocenters. The summed E-state index contributed by atoms with van der Waals surface area (Å²) in [7, 11) is 0. The van der Waals surface area contributed by atoms with E-state index in [0.717, 1.165) is 31.0 Å². The standard InChI is InChI=1S/C13H14N4/c14-11-3-2-10-4-7-17(12(10)8-11)9-13-15-5-1-6-16-13/h1-3,5-6,8H,4,7,9,14H2. The highest BCUT2D eigenvalue weighted by molar-refractivity contribution is 5.64. The van der Waals surface area contributed by atoms with E-state index >= 15 is 0 Å². The lowest BCUT2D eigenvalue weighted by Gasteiger charge is -2.18. The lowest BCUT2D eigenvalue weighted by molar-refractivity contribution is 0.785. The van der Waals surface area contributed by atoms with Crippen LogP contribution < -0.4 is 10.6 Å². The molecule has 17 heavy (non-hydrogen) atoms. The van der Waals surface area contributed by atoms with Gasteiger partial charge in [0.25, 0.3) is 0 Å². The highest BCUT2D eigenvalue weighted by atomic mass is 15.2. The first-order valence-electron chi connectivity index (χ1n) is 5.72. The molecule has 86 valence electrons. The van der Waals surface area contributed by atoms with E-state index in [0.29, 0.717) is 0 Å². The summed E-state index contributed by atoms with van der Waals surface area (Å²) in [5.41, 5.74) is 9.21. The molecule has 0 saturated carbocycles. The van der Waals surface area contributed by atoms with E-state index in [1.54, 1.807) is 12.4 Å². The number of hydrogen-bond donors (Lipinski definition) is 1. The van der Waals surface area contributed by atoms with Crippen LogP contribution in [-0.4, -0.2) is 16.5 Å². The van der Waals surface area contributed by atoms with E-state index in [4.69, 9.17) is 5.73 Å². The molecule has 1 aliphatic rings. The van der Waals surface area contributed by atoms with Crippen LogP contribution >= 0.6 is 0 Å². The van der Waals surface area contributed by atoms with Gasteiger partial charge >= 0.3 is 0 Å². The molecule has 2 heterocycles. The molecule has 0 amide bonds. The van der Waals surface area contributed by atoms with Gasteiger partial charge in [0.15, 0.2) is 0 Å². The average molecular weight is 226 g/mol. The van der Waals surface area contributed by atoms with Gasteiger partial charge in [-0.15, -0.1) is 0 Å². The summed E-state index contributed by atoms with van der Waals surface area (Å²) in [5.74, 6) is 0.850. The molecule has 0 bridgehead atoms. The molecule has 0 radical (unpaired) electrons. The number of fused-ring (bicyclic) bond motifs is 1. The van der Waals surface area contributed by atoms with Crippen molar-refractivity contribution in [3.63, 3.8) is 0 Å². The zero-order chi connectivity index (χ0) is 11.7. The summed E-state index contributed by atoms with van der Waals surface area (Å²) < 4.78 is 0. The zero-order valence-electron chi connectivity index (χ0n) is 9.50. The first-order valence-corrected chi connectivity index (χ1v) is 5.72. The third-order valence-corrected chi connectivity index (χ3v) is 3.05. The zero-order valence-corrected chi connectivity index (χ0v) is 9.50. The van der Waals surface area contributed by atoms with Crippen molar-refractivity contribution in [1.29, 1.82) is 0 Å². The van der Waals surface area contributed by atoms with Crippen molar-refractivity contribution in [3.05, 3.63) is 48.0 Å². The summed E-state index contributed by atoms with van der Waals surface area (Å²) in [6, 6.07) is 7.93. The maximum absolute atomic E-state index is 5.83. The van der Waals surface area contributed by atoms with Crippen LogP contribution in [0.15, 0.2) is 36.7 Å². The van der Waals surface area contributed by atoms with E-state index in [-0.39, 0.29) is 0 Å². The van der Waals surface area contributed by atoms with Gasteiger partial charge in [-0.3, -0.25) is 0 Å². The molecular formula is C13H14N4. The Morgan fingerprint density at radius 1 is 1.24 bits per heavy atom. The van der Waals surface area contributed by atoms with Crippen LogP contribution in [0.3, 0.4) is 0 Å². The van der Waals surface area contributed by atoms with Crippen molar-refractivity contribution in [3.8, 4) is 0 Å². The normalized spacial score (nSPS) is 13.8. The van der Waals surface area contributed by atoms with E-state index in [9.17, 15) is 0 Å². The molecule has 3 rings (SSSR count). The second-order valence-corrected chi connectivity index (χ2v) is 4.22. The summed E-state index contributed by atoms with van der Waals surface area (Å²) in [6.07, 6.45) is 4.62. The lowest BCUT2D eigenvalue weighted by Crippen LogP contribution is -2.21. The second kappa shape index (κ2) is 4.05. The number of anilines is 2. The molecule has 0 saturated heterocycles. The van der Waals surface area contributed by atoms with E-state index in [1.807, 2.05) is 18.2 Å². The molecule has 1 aromatic carbocycles. The maximum atomic E-state index is 5.83. The van der Waals surface area contributed by atoms with Crippen LogP contribution in [0.2, 0.25) is 0 Å². The Morgan fingerprint density at radius 2 is 2.06 bits per heavy atom. The van der Waals surface area contributed by atoms with Gasteiger partial charge in [0.2, 0.25) is 0 Å². The quantitative estimate of drug-likeness (QED) is 0.791. The Morgan fingerprint density at radius 3 is 2.88 bits per heavy atom. The predicted octanol–water partition coefficient (Wildman–Crippen LogP) is 1.62. The highest BCUT2D eigenvalue weighted by Gasteiger charge is 2.19. The number of nitrogens with zero attached hydrogens (tertiary/aromatic N) is 3. The minimum Gasteiger partial charge on any atom is -0.399 e. The molecule has 0 fully saturated rings. The van der Waals surface area contributed by atoms with Crippen LogP contribution in [0.5, 0.6) is 0 Å². The van der Waals surface area contributed by atoms with Gasteiger partial charge in [-0.2, -0.15) is 0 Å². The molecular weight excluding hydrogens is 212 g/mol. The maximum Gasteiger partial charge on any atom is 0.147 e. The van der Waals surface area contributed by atoms with Gasteiger partial charge in [-0.1, -0.05) is 6.07 Å². The Balaban J connectivity index is 1.86. The summed E-state index contributed by atoms with van der Waals surface area (Å²) in [5, 5.41) is 0. The van der Waals surface area contributed by atoms with Crippen molar-refractivity contribution in [1.82, 2.24) is 9.97 Å².